The molecular weight excluding hydrogens is 276 g/mol. The van der Waals surface area contributed by atoms with E-state index in [2.05, 4.69) is 5.32 Å². The zero-order chi connectivity index (χ0) is 13.7. The molecule has 0 aliphatic heterocycles. The van der Waals surface area contributed by atoms with Crippen LogP contribution in [0.25, 0.3) is 0 Å². The molecular formula is C13H18Cl2FNO. The molecule has 2 nitrogen and oxygen atoms in total. The molecule has 0 bridgehead atoms. The predicted octanol–water partition coefficient (Wildman–Crippen LogP) is 3.94. The van der Waals surface area contributed by atoms with E-state index < -0.39 is 5.82 Å². The Labute approximate surface area is 117 Å². The maximum atomic E-state index is 13.4. The second-order valence-corrected chi connectivity index (χ2v) is 5.21. The molecule has 0 aromatic heterocycles. The maximum absolute atomic E-state index is 13.4. The van der Waals surface area contributed by atoms with Crippen LogP contribution in [-0.2, 0) is 0 Å². The lowest BCUT2D eigenvalue weighted by Crippen LogP contribution is -2.21. The molecule has 2 atom stereocenters. The first-order valence-electron chi connectivity index (χ1n) is 5.98. The average Bonchev–Trinajstić information content (AvgIpc) is 2.30. The van der Waals surface area contributed by atoms with E-state index in [1.165, 1.54) is 12.1 Å². The summed E-state index contributed by atoms with van der Waals surface area (Å²) in [7, 11) is 0. The van der Waals surface area contributed by atoms with Crippen molar-refractivity contribution in [1.82, 2.24) is 5.32 Å². The van der Waals surface area contributed by atoms with Crippen LogP contribution in [0.2, 0.25) is 10.0 Å². The number of halogens is 3. The van der Waals surface area contributed by atoms with Crippen LogP contribution in [0.3, 0.4) is 0 Å². The fraction of sp³-hybridized carbons (Fsp3) is 0.538. The molecule has 0 saturated carbocycles. The largest absolute Gasteiger partial charge is 0.393 e. The Kier molecular flexibility index (Phi) is 6.36. The predicted molar refractivity (Wildman–Crippen MR) is 73.8 cm³/mol. The van der Waals surface area contributed by atoms with E-state index in [9.17, 15) is 4.39 Å². The van der Waals surface area contributed by atoms with Gasteiger partial charge in [-0.05, 0) is 45.4 Å². The maximum Gasteiger partial charge on any atom is 0.142 e. The molecule has 1 aromatic carbocycles. The molecule has 102 valence electrons. The van der Waals surface area contributed by atoms with Crippen LogP contribution >= 0.6 is 23.2 Å². The highest BCUT2D eigenvalue weighted by atomic mass is 35.5. The number of aliphatic hydroxyl groups excluding tert-OH is 1. The van der Waals surface area contributed by atoms with Gasteiger partial charge in [-0.1, -0.05) is 23.2 Å². The summed E-state index contributed by atoms with van der Waals surface area (Å²) in [6.07, 6.45) is 1.26. The van der Waals surface area contributed by atoms with Crippen LogP contribution in [0.4, 0.5) is 4.39 Å². The Balaban J connectivity index is 2.61. The summed E-state index contributed by atoms with van der Waals surface area (Å²) in [5.74, 6) is -0.464. The number of benzene rings is 1. The van der Waals surface area contributed by atoms with Crippen molar-refractivity contribution < 1.29 is 9.50 Å². The Hall–Kier alpha value is -0.350. The van der Waals surface area contributed by atoms with Gasteiger partial charge in [0.15, 0.2) is 0 Å². The summed E-state index contributed by atoms with van der Waals surface area (Å²) in [4.78, 5) is 0. The Morgan fingerprint density at radius 2 is 2.00 bits per heavy atom. The first-order chi connectivity index (χ1) is 8.43. The van der Waals surface area contributed by atoms with Gasteiger partial charge in [-0.2, -0.15) is 0 Å². The lowest BCUT2D eigenvalue weighted by molar-refractivity contribution is 0.181. The van der Waals surface area contributed by atoms with Crippen LogP contribution in [0.1, 0.15) is 38.3 Å². The van der Waals surface area contributed by atoms with Gasteiger partial charge < -0.3 is 10.4 Å². The number of nitrogens with one attached hydrogen (secondary N) is 1. The van der Waals surface area contributed by atoms with Gasteiger partial charge >= 0.3 is 0 Å². The van der Waals surface area contributed by atoms with Gasteiger partial charge in [-0.15, -0.1) is 0 Å². The molecule has 0 saturated heterocycles. The minimum Gasteiger partial charge on any atom is -0.393 e. The van der Waals surface area contributed by atoms with Gasteiger partial charge in [0.2, 0.25) is 0 Å². The highest BCUT2D eigenvalue weighted by Gasteiger charge is 2.16. The van der Waals surface area contributed by atoms with E-state index in [0.29, 0.717) is 10.6 Å². The third-order valence-corrected chi connectivity index (χ3v) is 3.48. The molecule has 0 radical (unpaired) electrons. The highest BCUT2D eigenvalue weighted by Crippen LogP contribution is 2.32. The molecule has 0 spiro atoms. The lowest BCUT2D eigenvalue weighted by atomic mass is 10.1. The third-order valence-electron chi connectivity index (χ3n) is 2.76. The zero-order valence-electron chi connectivity index (χ0n) is 10.5. The molecule has 1 aromatic rings. The van der Waals surface area contributed by atoms with E-state index in [1.54, 1.807) is 6.92 Å². The van der Waals surface area contributed by atoms with Crippen molar-refractivity contribution in [2.24, 2.45) is 0 Å². The van der Waals surface area contributed by atoms with Crippen molar-refractivity contribution in [1.29, 1.82) is 0 Å². The van der Waals surface area contributed by atoms with E-state index >= 15 is 0 Å². The first kappa shape index (κ1) is 15.7. The van der Waals surface area contributed by atoms with Crippen LogP contribution in [0.15, 0.2) is 12.1 Å². The summed E-state index contributed by atoms with van der Waals surface area (Å²) in [5, 5.41) is 12.9. The summed E-state index contributed by atoms with van der Waals surface area (Å²) >= 11 is 11.9. The van der Waals surface area contributed by atoms with Crippen molar-refractivity contribution in [2.45, 2.75) is 38.8 Å². The smallest absolute Gasteiger partial charge is 0.142 e. The molecule has 0 aliphatic carbocycles. The van der Waals surface area contributed by atoms with Crippen molar-refractivity contribution in [2.75, 3.05) is 6.54 Å². The van der Waals surface area contributed by atoms with Crippen LogP contribution < -0.4 is 5.32 Å². The standard InChI is InChI=1S/C13H18Cl2FNO/c1-8(18)4-3-7-17-9(2)12-10(14)5-6-11(16)13(12)15/h5-6,8-9,17-18H,3-4,7H2,1-2H3. The number of rotatable bonds is 6. The van der Waals surface area contributed by atoms with Crippen LogP contribution in [-0.4, -0.2) is 17.8 Å². The quantitative estimate of drug-likeness (QED) is 0.615. The summed E-state index contributed by atoms with van der Waals surface area (Å²) in [5.41, 5.74) is 0.579. The number of hydrogen-bond acceptors (Lipinski definition) is 2. The Morgan fingerprint density at radius 3 is 2.61 bits per heavy atom. The van der Waals surface area contributed by atoms with Gasteiger partial charge in [0.1, 0.15) is 5.82 Å². The van der Waals surface area contributed by atoms with Crippen LogP contribution in [0.5, 0.6) is 0 Å². The molecule has 2 N–H and O–H groups in total. The molecule has 1 rings (SSSR count). The molecule has 18 heavy (non-hydrogen) atoms. The topological polar surface area (TPSA) is 32.3 Å². The Morgan fingerprint density at radius 1 is 1.33 bits per heavy atom. The van der Waals surface area contributed by atoms with E-state index in [1.807, 2.05) is 6.92 Å². The normalized spacial score (nSPS) is 14.6. The van der Waals surface area contributed by atoms with Crippen molar-refractivity contribution in [3.63, 3.8) is 0 Å². The number of hydrogen-bond donors (Lipinski definition) is 2. The van der Waals surface area contributed by atoms with E-state index in [-0.39, 0.29) is 17.2 Å². The first-order valence-corrected chi connectivity index (χ1v) is 6.74. The summed E-state index contributed by atoms with van der Waals surface area (Å²) in [6, 6.07) is 2.63. The van der Waals surface area contributed by atoms with Crippen LogP contribution in [0, 0.1) is 5.82 Å². The molecule has 0 aliphatic rings. The number of aliphatic hydroxyl groups is 1. The molecule has 0 heterocycles. The molecule has 0 amide bonds. The second-order valence-electron chi connectivity index (χ2n) is 4.42. The Bertz CT molecular complexity index is 399. The summed E-state index contributed by atoms with van der Waals surface area (Å²) < 4.78 is 13.4. The van der Waals surface area contributed by atoms with Gasteiger partial charge in [0.05, 0.1) is 11.1 Å². The van der Waals surface area contributed by atoms with Crippen molar-refractivity contribution >= 4 is 23.2 Å². The summed E-state index contributed by atoms with van der Waals surface area (Å²) in [6.45, 7) is 4.36. The van der Waals surface area contributed by atoms with E-state index in [0.717, 1.165) is 19.4 Å². The second kappa shape index (κ2) is 7.29. The minimum atomic E-state index is -0.464. The van der Waals surface area contributed by atoms with Gasteiger partial charge in [-0.25, -0.2) is 4.39 Å². The fourth-order valence-corrected chi connectivity index (χ4v) is 2.46. The third kappa shape index (κ3) is 4.39. The average molecular weight is 294 g/mol. The van der Waals surface area contributed by atoms with Crippen molar-refractivity contribution in [3.8, 4) is 0 Å². The van der Waals surface area contributed by atoms with Gasteiger partial charge in [-0.3, -0.25) is 0 Å². The zero-order valence-corrected chi connectivity index (χ0v) is 12.0. The van der Waals surface area contributed by atoms with Gasteiger partial charge in [0, 0.05) is 16.6 Å². The fourth-order valence-electron chi connectivity index (χ4n) is 1.76. The van der Waals surface area contributed by atoms with Crippen molar-refractivity contribution in [3.05, 3.63) is 33.6 Å². The lowest BCUT2D eigenvalue weighted by Gasteiger charge is -2.17. The van der Waals surface area contributed by atoms with Gasteiger partial charge in [0.25, 0.3) is 0 Å². The molecule has 5 heteroatoms. The minimum absolute atomic E-state index is 0.0676. The molecule has 0 fully saturated rings. The monoisotopic (exact) mass is 293 g/mol. The molecule has 2 unspecified atom stereocenters. The SMILES string of the molecule is CC(O)CCCNC(C)c1c(Cl)ccc(F)c1Cl. The highest BCUT2D eigenvalue weighted by molar-refractivity contribution is 6.36. The van der Waals surface area contributed by atoms with E-state index in [4.69, 9.17) is 28.3 Å².